The summed E-state index contributed by atoms with van der Waals surface area (Å²) in [6.07, 6.45) is 0.00731. The average Bonchev–Trinajstić information content (AvgIpc) is 2.58. The normalized spacial score (nSPS) is 10.7. The second-order valence-corrected chi connectivity index (χ2v) is 6.51. The molecule has 0 aliphatic carbocycles. The Labute approximate surface area is 153 Å². The SMILES string of the molecule is CC(C)OCc1cc(=O)[nH]c(SCC(=O)Nc2cccc([N+](=O)[O-])c2)n1. The quantitative estimate of drug-likeness (QED) is 0.312. The monoisotopic (exact) mass is 378 g/mol. The fraction of sp³-hybridized carbons (Fsp3) is 0.312. The van der Waals surface area contributed by atoms with Crippen molar-refractivity contribution in [3.8, 4) is 0 Å². The Hall–Kier alpha value is -2.72. The van der Waals surface area contributed by atoms with Crippen molar-refractivity contribution in [3.05, 3.63) is 56.5 Å². The van der Waals surface area contributed by atoms with Crippen LogP contribution in [0.4, 0.5) is 11.4 Å². The van der Waals surface area contributed by atoms with Gasteiger partial charge in [0.15, 0.2) is 5.16 Å². The number of non-ortho nitro benzene ring substituents is 1. The van der Waals surface area contributed by atoms with E-state index in [4.69, 9.17) is 4.74 Å². The molecule has 1 heterocycles. The summed E-state index contributed by atoms with van der Waals surface area (Å²) >= 11 is 1.05. The first-order valence-corrected chi connectivity index (χ1v) is 8.71. The third-order valence-electron chi connectivity index (χ3n) is 3.02. The summed E-state index contributed by atoms with van der Waals surface area (Å²) in [7, 11) is 0. The van der Waals surface area contributed by atoms with Crippen molar-refractivity contribution >= 4 is 29.0 Å². The Kier molecular flexibility index (Phi) is 6.87. The molecule has 0 saturated carbocycles. The number of ether oxygens (including phenoxy) is 1. The molecule has 1 aromatic heterocycles. The van der Waals surface area contributed by atoms with Crippen LogP contribution in [0.5, 0.6) is 0 Å². The summed E-state index contributed by atoms with van der Waals surface area (Å²) in [6.45, 7) is 3.96. The number of nitro groups is 1. The number of rotatable bonds is 8. The molecule has 0 aliphatic heterocycles. The van der Waals surface area contributed by atoms with Gasteiger partial charge in [-0.25, -0.2) is 4.98 Å². The van der Waals surface area contributed by atoms with E-state index in [0.717, 1.165) is 11.8 Å². The van der Waals surface area contributed by atoms with E-state index >= 15 is 0 Å². The number of hydrogen-bond acceptors (Lipinski definition) is 7. The number of amides is 1. The molecule has 2 rings (SSSR count). The molecule has 0 fully saturated rings. The van der Waals surface area contributed by atoms with Crippen molar-refractivity contribution in [2.45, 2.75) is 31.7 Å². The number of aromatic amines is 1. The lowest BCUT2D eigenvalue weighted by molar-refractivity contribution is -0.384. The van der Waals surface area contributed by atoms with Gasteiger partial charge in [-0.2, -0.15) is 0 Å². The van der Waals surface area contributed by atoms with Crippen LogP contribution < -0.4 is 10.9 Å². The average molecular weight is 378 g/mol. The molecule has 2 N–H and O–H groups in total. The van der Waals surface area contributed by atoms with Crippen LogP contribution in [-0.2, 0) is 16.1 Å². The Balaban J connectivity index is 1.95. The molecule has 9 nitrogen and oxygen atoms in total. The first kappa shape index (κ1) is 19.6. The number of anilines is 1. The zero-order valence-electron chi connectivity index (χ0n) is 14.2. The number of benzene rings is 1. The van der Waals surface area contributed by atoms with Gasteiger partial charge in [0.2, 0.25) is 5.91 Å². The van der Waals surface area contributed by atoms with Gasteiger partial charge in [0.1, 0.15) is 0 Å². The molecular weight excluding hydrogens is 360 g/mol. The van der Waals surface area contributed by atoms with E-state index in [-0.39, 0.29) is 35.6 Å². The first-order valence-electron chi connectivity index (χ1n) is 7.72. The van der Waals surface area contributed by atoms with Crippen molar-refractivity contribution in [3.63, 3.8) is 0 Å². The molecule has 0 bridgehead atoms. The van der Waals surface area contributed by atoms with Crippen LogP contribution in [0.2, 0.25) is 0 Å². The number of thioether (sulfide) groups is 1. The van der Waals surface area contributed by atoms with Gasteiger partial charge < -0.3 is 15.0 Å². The molecule has 0 radical (unpaired) electrons. The van der Waals surface area contributed by atoms with Gasteiger partial charge in [0, 0.05) is 23.9 Å². The van der Waals surface area contributed by atoms with Crippen molar-refractivity contribution in [1.29, 1.82) is 0 Å². The van der Waals surface area contributed by atoms with Crippen molar-refractivity contribution in [2.24, 2.45) is 0 Å². The van der Waals surface area contributed by atoms with Crippen LogP contribution in [0.25, 0.3) is 0 Å². The molecule has 0 spiro atoms. The molecule has 1 aromatic carbocycles. The van der Waals surface area contributed by atoms with Gasteiger partial charge >= 0.3 is 0 Å². The number of nitrogens with zero attached hydrogens (tertiary/aromatic N) is 2. The molecule has 138 valence electrons. The van der Waals surface area contributed by atoms with Gasteiger partial charge in [0.05, 0.1) is 29.1 Å². The van der Waals surface area contributed by atoms with Gasteiger partial charge in [-0.1, -0.05) is 17.8 Å². The third-order valence-corrected chi connectivity index (χ3v) is 3.89. The summed E-state index contributed by atoms with van der Waals surface area (Å²) in [4.78, 5) is 40.7. The molecule has 0 aliphatic rings. The highest BCUT2D eigenvalue weighted by Crippen LogP contribution is 2.18. The molecule has 0 saturated heterocycles. The fourth-order valence-corrected chi connectivity index (χ4v) is 2.60. The van der Waals surface area contributed by atoms with E-state index in [1.165, 1.54) is 24.3 Å². The van der Waals surface area contributed by atoms with E-state index in [9.17, 15) is 19.7 Å². The highest BCUT2D eigenvalue weighted by molar-refractivity contribution is 7.99. The summed E-state index contributed by atoms with van der Waals surface area (Å²) < 4.78 is 5.41. The standard InChI is InChI=1S/C16H18N4O5S/c1-10(2)25-8-12-7-14(21)19-16(18-12)26-9-15(22)17-11-4-3-5-13(6-11)20(23)24/h3-7,10H,8-9H2,1-2H3,(H,17,22)(H,18,19,21). The summed E-state index contributed by atoms with van der Waals surface area (Å²) in [5.74, 6) is -0.387. The maximum absolute atomic E-state index is 12.0. The van der Waals surface area contributed by atoms with Crippen LogP contribution in [-0.4, -0.2) is 32.7 Å². The Morgan fingerprint density at radius 3 is 2.88 bits per heavy atom. The predicted octanol–water partition coefficient (Wildman–Crippen LogP) is 2.33. The summed E-state index contributed by atoms with van der Waals surface area (Å²) in [6, 6.07) is 6.99. The second-order valence-electron chi connectivity index (χ2n) is 5.55. The van der Waals surface area contributed by atoms with Gasteiger partial charge in [-0.15, -0.1) is 0 Å². The minimum Gasteiger partial charge on any atom is -0.373 e. The predicted molar refractivity (Wildman–Crippen MR) is 97.2 cm³/mol. The minimum absolute atomic E-state index is 0.00731. The highest BCUT2D eigenvalue weighted by Gasteiger charge is 2.10. The lowest BCUT2D eigenvalue weighted by Crippen LogP contribution is -2.16. The number of nitrogens with one attached hydrogen (secondary N) is 2. The topological polar surface area (TPSA) is 127 Å². The van der Waals surface area contributed by atoms with E-state index in [1.807, 2.05) is 13.8 Å². The Morgan fingerprint density at radius 1 is 1.42 bits per heavy atom. The van der Waals surface area contributed by atoms with E-state index in [1.54, 1.807) is 6.07 Å². The van der Waals surface area contributed by atoms with Crippen LogP contribution >= 0.6 is 11.8 Å². The van der Waals surface area contributed by atoms with Crippen molar-refractivity contribution in [2.75, 3.05) is 11.1 Å². The number of carbonyl (C=O) groups excluding carboxylic acids is 1. The molecular formula is C16H18N4O5S. The van der Waals surface area contributed by atoms with Crippen LogP contribution in [0.1, 0.15) is 19.5 Å². The van der Waals surface area contributed by atoms with Crippen LogP contribution in [0, 0.1) is 10.1 Å². The first-order chi connectivity index (χ1) is 12.3. The highest BCUT2D eigenvalue weighted by atomic mass is 32.2. The number of nitro benzene ring substituents is 1. The lowest BCUT2D eigenvalue weighted by Gasteiger charge is -2.08. The largest absolute Gasteiger partial charge is 0.373 e. The molecule has 2 aromatic rings. The molecule has 10 heteroatoms. The zero-order chi connectivity index (χ0) is 19.1. The Morgan fingerprint density at radius 2 is 2.19 bits per heavy atom. The summed E-state index contributed by atoms with van der Waals surface area (Å²) in [5, 5.41) is 13.6. The third kappa shape index (κ3) is 6.30. The molecule has 0 unspecified atom stereocenters. The van der Waals surface area contributed by atoms with E-state index in [2.05, 4.69) is 15.3 Å². The number of carbonyl (C=O) groups is 1. The van der Waals surface area contributed by atoms with E-state index in [0.29, 0.717) is 16.5 Å². The van der Waals surface area contributed by atoms with Crippen LogP contribution in [0.3, 0.4) is 0 Å². The smallest absolute Gasteiger partial charge is 0.271 e. The van der Waals surface area contributed by atoms with Gasteiger partial charge in [-0.05, 0) is 19.9 Å². The van der Waals surface area contributed by atoms with E-state index < -0.39 is 4.92 Å². The molecule has 1 amide bonds. The lowest BCUT2D eigenvalue weighted by atomic mass is 10.3. The Bertz CT molecular complexity index is 853. The number of hydrogen-bond donors (Lipinski definition) is 2. The van der Waals surface area contributed by atoms with Crippen molar-refractivity contribution in [1.82, 2.24) is 9.97 Å². The fourth-order valence-electron chi connectivity index (χ4n) is 1.91. The van der Waals surface area contributed by atoms with Crippen LogP contribution in [0.15, 0.2) is 40.3 Å². The molecule has 0 atom stereocenters. The maximum Gasteiger partial charge on any atom is 0.271 e. The number of aromatic nitrogens is 2. The van der Waals surface area contributed by atoms with Gasteiger partial charge in [0.25, 0.3) is 11.2 Å². The van der Waals surface area contributed by atoms with Crippen molar-refractivity contribution < 1.29 is 14.5 Å². The summed E-state index contributed by atoms with van der Waals surface area (Å²) in [5.41, 5.74) is 0.359. The van der Waals surface area contributed by atoms with Gasteiger partial charge in [-0.3, -0.25) is 19.7 Å². The number of H-pyrrole nitrogens is 1. The molecule has 26 heavy (non-hydrogen) atoms. The second kappa shape index (κ2) is 9.11. The minimum atomic E-state index is -0.538. The maximum atomic E-state index is 12.0. The zero-order valence-corrected chi connectivity index (χ0v) is 15.0.